The number of carboxylic acids is 1. The quantitative estimate of drug-likeness (QED) is 0.0346. The van der Waals surface area contributed by atoms with Crippen molar-refractivity contribution in [2.24, 2.45) is 22.9 Å². The van der Waals surface area contributed by atoms with Crippen LogP contribution in [0.4, 0.5) is 0 Å². The van der Waals surface area contributed by atoms with Crippen molar-refractivity contribution in [2.75, 3.05) is 32.8 Å². The molecule has 0 aliphatic rings. The minimum Gasteiger partial charge on any atom is -0.480 e. The van der Waals surface area contributed by atoms with E-state index >= 15 is 0 Å². The highest BCUT2D eigenvalue weighted by Crippen LogP contribution is 2.04. The summed E-state index contributed by atoms with van der Waals surface area (Å²) in [6.45, 7) is -1.76. The van der Waals surface area contributed by atoms with Crippen LogP contribution in [0.1, 0.15) is 51.9 Å². The lowest BCUT2D eigenvalue weighted by molar-refractivity contribution is -0.142. The molecule has 0 radical (unpaired) electrons. The summed E-state index contributed by atoms with van der Waals surface area (Å²) >= 11 is 0. The molecule has 0 aliphatic heterocycles. The number of nitrogens with two attached hydrogens (primary N) is 4. The number of carbonyl (C=O) groups is 10. The van der Waals surface area contributed by atoms with Crippen LogP contribution in [0.5, 0.6) is 0 Å². The molecule has 24 heteroatoms. The number of aliphatic hydroxyl groups excluding tert-OH is 2. The van der Waals surface area contributed by atoms with Crippen LogP contribution in [-0.2, 0) is 47.9 Å². The fourth-order valence-electron chi connectivity index (χ4n) is 4.15. The normalized spacial score (nSPS) is 14.1. The molecular formula is C29H51N11O13. The van der Waals surface area contributed by atoms with Crippen molar-refractivity contribution in [3.05, 3.63) is 0 Å². The topological polar surface area (TPSA) is 420 Å². The minimum atomic E-state index is -1.65. The van der Waals surface area contributed by atoms with Gasteiger partial charge < -0.3 is 75.5 Å². The largest absolute Gasteiger partial charge is 0.480 e. The molecule has 0 fully saturated rings. The number of primary amides is 2. The lowest BCUT2D eigenvalue weighted by Crippen LogP contribution is -2.59. The van der Waals surface area contributed by atoms with Gasteiger partial charge >= 0.3 is 5.97 Å². The van der Waals surface area contributed by atoms with Crippen LogP contribution in [0, 0.1) is 0 Å². The molecule has 6 atom stereocenters. The second-order valence-electron chi connectivity index (χ2n) is 11.6. The summed E-state index contributed by atoms with van der Waals surface area (Å²) < 4.78 is 0. The van der Waals surface area contributed by atoms with Crippen molar-refractivity contribution in [2.45, 2.75) is 88.1 Å². The van der Waals surface area contributed by atoms with Gasteiger partial charge in [-0.05, 0) is 45.6 Å². The zero-order chi connectivity index (χ0) is 40.7. The Hall–Kier alpha value is -5.46. The highest BCUT2D eigenvalue weighted by atomic mass is 16.4. The van der Waals surface area contributed by atoms with E-state index < -0.39 is 128 Å². The molecule has 53 heavy (non-hydrogen) atoms. The van der Waals surface area contributed by atoms with Gasteiger partial charge in [-0.2, -0.15) is 0 Å². The number of rotatable bonds is 27. The van der Waals surface area contributed by atoms with Crippen LogP contribution in [-0.4, -0.2) is 144 Å². The molecule has 0 saturated carbocycles. The monoisotopic (exact) mass is 761 g/mol. The first-order valence-electron chi connectivity index (χ1n) is 16.4. The van der Waals surface area contributed by atoms with Gasteiger partial charge in [0.2, 0.25) is 53.2 Å². The van der Waals surface area contributed by atoms with Gasteiger partial charge in [0, 0.05) is 12.8 Å². The number of hydrogen-bond donors (Lipinski definition) is 14. The molecule has 0 aliphatic carbocycles. The molecule has 0 saturated heterocycles. The van der Waals surface area contributed by atoms with Gasteiger partial charge in [-0.1, -0.05) is 0 Å². The first-order valence-corrected chi connectivity index (χ1v) is 16.4. The number of hydrogen-bond acceptors (Lipinski definition) is 14. The summed E-state index contributed by atoms with van der Waals surface area (Å²) in [5, 5.41) is 43.9. The van der Waals surface area contributed by atoms with E-state index in [9.17, 15) is 63.3 Å². The third kappa shape index (κ3) is 20.2. The number of unbranched alkanes of at least 4 members (excludes halogenated alkanes) is 1. The van der Waals surface area contributed by atoms with Crippen LogP contribution in [0.2, 0.25) is 0 Å². The van der Waals surface area contributed by atoms with Crippen molar-refractivity contribution in [1.82, 2.24) is 37.2 Å². The highest BCUT2D eigenvalue weighted by molar-refractivity contribution is 5.96. The number of nitrogens with one attached hydrogen (secondary N) is 7. The minimum absolute atomic E-state index is 0.124. The van der Waals surface area contributed by atoms with Crippen LogP contribution < -0.4 is 60.2 Å². The zero-order valence-electron chi connectivity index (χ0n) is 29.2. The first kappa shape index (κ1) is 47.5. The summed E-state index contributed by atoms with van der Waals surface area (Å²) in [6.07, 6.45) is -0.445. The standard InChI is InChI=1S/C29H51N11O13/c1-14(31)24(47)37-15(4-2-3-9-30)26(49)40-19(13-42)28(51)38-16(5-7-20(32)43)25(48)35-10-22(45)34-11-23(46)36-18(12-41)27(50)39-17(29(52)53)6-8-21(33)44/h14-19,41-42H,2-13,30-31H2,1H3,(H2,32,43)(H2,33,44)(H,34,45)(H,35,48)(H,36,46)(H,37,47)(H,38,51)(H,39,50)(H,40,49)(H,52,53)/t14-,15-,16-,17-,18-,19-/m0/s1. The zero-order valence-corrected chi connectivity index (χ0v) is 29.2. The molecule has 0 rings (SSSR count). The maximum atomic E-state index is 13.0. The van der Waals surface area contributed by atoms with Crippen molar-refractivity contribution in [1.29, 1.82) is 0 Å². The van der Waals surface area contributed by atoms with Crippen molar-refractivity contribution >= 4 is 59.1 Å². The lowest BCUT2D eigenvalue weighted by Gasteiger charge is -2.24. The molecule has 0 bridgehead atoms. The first-order chi connectivity index (χ1) is 24.9. The molecule has 0 spiro atoms. The van der Waals surface area contributed by atoms with Crippen molar-refractivity contribution in [3.8, 4) is 0 Å². The van der Waals surface area contributed by atoms with Crippen LogP contribution >= 0.6 is 0 Å². The van der Waals surface area contributed by atoms with Gasteiger partial charge in [0.1, 0.15) is 30.2 Å². The van der Waals surface area contributed by atoms with Gasteiger partial charge in [-0.15, -0.1) is 0 Å². The van der Waals surface area contributed by atoms with Gasteiger partial charge in [0.05, 0.1) is 32.3 Å². The molecule has 300 valence electrons. The molecule has 18 N–H and O–H groups in total. The fourth-order valence-corrected chi connectivity index (χ4v) is 4.15. The van der Waals surface area contributed by atoms with E-state index in [1.807, 2.05) is 5.32 Å². The van der Waals surface area contributed by atoms with Crippen molar-refractivity contribution in [3.63, 3.8) is 0 Å². The highest BCUT2D eigenvalue weighted by Gasteiger charge is 2.30. The summed E-state index contributed by atoms with van der Waals surface area (Å²) in [4.78, 5) is 122. The number of carboxylic acid groups (broad SMARTS) is 1. The molecule has 24 nitrogen and oxygen atoms in total. The Morgan fingerprint density at radius 3 is 1.47 bits per heavy atom. The van der Waals surface area contributed by atoms with E-state index in [0.717, 1.165) is 0 Å². The predicted octanol–water partition coefficient (Wildman–Crippen LogP) is -8.28. The van der Waals surface area contributed by atoms with Gasteiger partial charge in [0.15, 0.2) is 0 Å². The van der Waals surface area contributed by atoms with E-state index in [0.29, 0.717) is 19.4 Å². The van der Waals surface area contributed by atoms with Crippen LogP contribution in [0.25, 0.3) is 0 Å². The molecule has 0 aromatic rings. The summed E-state index contributed by atoms with van der Waals surface area (Å²) in [5.74, 6) is -9.83. The number of aliphatic hydroxyl groups is 2. The predicted molar refractivity (Wildman–Crippen MR) is 181 cm³/mol. The molecule has 9 amide bonds. The second-order valence-corrected chi connectivity index (χ2v) is 11.6. The van der Waals surface area contributed by atoms with Gasteiger partial charge in [0.25, 0.3) is 0 Å². The average molecular weight is 762 g/mol. The van der Waals surface area contributed by atoms with Gasteiger partial charge in [-0.3, -0.25) is 43.2 Å². The second kappa shape index (κ2) is 25.5. The lowest BCUT2D eigenvalue weighted by atomic mass is 10.1. The van der Waals surface area contributed by atoms with E-state index in [1.165, 1.54) is 6.92 Å². The Morgan fingerprint density at radius 2 is 0.981 bits per heavy atom. The SMILES string of the molecule is C[C@H](N)C(=O)N[C@@H](CCCCN)C(=O)N[C@@H](CO)C(=O)N[C@@H](CCC(N)=O)C(=O)NCC(=O)NCC(=O)N[C@@H](CO)C(=O)N[C@@H](CCC(N)=O)C(=O)O. The van der Waals surface area contributed by atoms with Crippen LogP contribution in [0.3, 0.4) is 0 Å². The fraction of sp³-hybridized carbons (Fsp3) is 0.655. The molecular weight excluding hydrogens is 710 g/mol. The Bertz CT molecular complexity index is 1310. The summed E-state index contributed by atoms with van der Waals surface area (Å²) in [6, 6.07) is -8.46. The number of carbonyl (C=O) groups excluding carboxylic acids is 9. The van der Waals surface area contributed by atoms with E-state index in [4.69, 9.17) is 22.9 Å². The molecule has 0 unspecified atom stereocenters. The third-order valence-electron chi connectivity index (χ3n) is 7.12. The van der Waals surface area contributed by atoms with Crippen molar-refractivity contribution < 1.29 is 63.3 Å². The van der Waals surface area contributed by atoms with Crippen LogP contribution in [0.15, 0.2) is 0 Å². The van der Waals surface area contributed by atoms with E-state index in [2.05, 4.69) is 31.9 Å². The summed E-state index contributed by atoms with van der Waals surface area (Å²) in [5.41, 5.74) is 21.2. The Balaban J connectivity index is 5.33. The number of aliphatic carboxylic acids is 1. The Morgan fingerprint density at radius 1 is 0.547 bits per heavy atom. The maximum absolute atomic E-state index is 13.0. The van der Waals surface area contributed by atoms with Gasteiger partial charge in [-0.25, -0.2) is 4.79 Å². The third-order valence-corrected chi connectivity index (χ3v) is 7.12. The summed E-state index contributed by atoms with van der Waals surface area (Å²) in [7, 11) is 0. The Labute approximate surface area is 303 Å². The Kier molecular flexibility index (Phi) is 22.9. The van der Waals surface area contributed by atoms with E-state index in [-0.39, 0.29) is 25.7 Å². The maximum Gasteiger partial charge on any atom is 0.326 e. The molecule has 0 aromatic heterocycles. The number of amides is 9. The average Bonchev–Trinajstić information content (AvgIpc) is 3.09. The smallest absolute Gasteiger partial charge is 0.326 e. The van der Waals surface area contributed by atoms with E-state index in [1.54, 1.807) is 0 Å². The molecule has 0 heterocycles. The molecule has 0 aromatic carbocycles.